The molecule has 0 aromatic carbocycles. The Morgan fingerprint density at radius 1 is 1.22 bits per heavy atom. The van der Waals surface area contributed by atoms with Gasteiger partial charge in [0.1, 0.15) is 10.7 Å². The van der Waals surface area contributed by atoms with Crippen LogP contribution < -0.4 is 4.74 Å². The lowest BCUT2D eigenvalue weighted by atomic mass is 10.1. The number of rotatable bonds is 13. The van der Waals surface area contributed by atoms with Gasteiger partial charge in [-0.05, 0) is 116 Å². The molecule has 1 saturated heterocycles. The lowest BCUT2D eigenvalue weighted by Gasteiger charge is -2.37. The SMILES string of the molecule is C=Cc1nn(C2CCCCO2)c2cnc(-c3c(C)nn(C)c3O[C@@H](C)CN(C)Cc3c(I)c(Br)nn3[C@@H](C)CO[Si](C)(C)C(C)(C)C)cc12. The van der Waals surface area contributed by atoms with Gasteiger partial charge in [0.05, 0.1) is 56.3 Å². The highest BCUT2D eigenvalue weighted by Gasteiger charge is 2.37. The average molecular weight is 868 g/mol. The summed E-state index contributed by atoms with van der Waals surface area (Å²) in [6.45, 7) is 24.5. The Morgan fingerprint density at radius 2 is 1.96 bits per heavy atom. The number of halogens is 2. The monoisotopic (exact) mass is 866 g/mol. The van der Waals surface area contributed by atoms with Gasteiger partial charge in [-0.15, -0.1) is 0 Å². The van der Waals surface area contributed by atoms with Gasteiger partial charge in [0.25, 0.3) is 0 Å². The number of aryl methyl sites for hydroxylation is 2. The Hall–Kier alpha value is -2.11. The molecule has 1 aliphatic rings. The molecule has 4 aromatic heterocycles. The van der Waals surface area contributed by atoms with Gasteiger partial charge in [-0.1, -0.05) is 27.4 Å². The van der Waals surface area contributed by atoms with Gasteiger partial charge in [-0.2, -0.15) is 15.3 Å². The van der Waals surface area contributed by atoms with E-state index in [0.29, 0.717) is 25.6 Å². The summed E-state index contributed by atoms with van der Waals surface area (Å²) in [6, 6.07) is 2.17. The molecule has 49 heavy (non-hydrogen) atoms. The third-order valence-electron chi connectivity index (χ3n) is 9.79. The summed E-state index contributed by atoms with van der Waals surface area (Å²) in [6.07, 6.45) is 6.60. The zero-order chi connectivity index (χ0) is 35.8. The number of fused-ring (bicyclic) bond motifs is 1. The highest BCUT2D eigenvalue weighted by molar-refractivity contribution is 14.1. The standard InChI is InChI=1S/C35H52BrIN8O3Si/c1-12-26-25-17-27(38-18-28(25)45(40-26)30-15-13-14-16-46-30)31-24(4)39-43(9)34(31)48-23(3)19-42(8)20-29-32(37)33(36)41-44(29)22(2)21-47-49(10,11)35(5,6)7/h12,17-18,22-23,30H,1,13-16,19-21H2,2-11H3/t22-,23-,30?/m0/s1. The maximum Gasteiger partial charge on any atom is 0.221 e. The first-order chi connectivity index (χ1) is 23.0. The first-order valence-corrected chi connectivity index (χ1v) is 21.9. The van der Waals surface area contributed by atoms with E-state index >= 15 is 0 Å². The van der Waals surface area contributed by atoms with Crippen molar-refractivity contribution < 1.29 is 13.9 Å². The molecule has 11 nitrogen and oxygen atoms in total. The molecule has 3 atom stereocenters. The molecule has 1 aliphatic heterocycles. The molecule has 5 heterocycles. The third-order valence-corrected chi connectivity index (χ3v) is 16.7. The van der Waals surface area contributed by atoms with Crippen molar-refractivity contribution in [2.24, 2.45) is 7.05 Å². The molecule has 0 bridgehead atoms. The van der Waals surface area contributed by atoms with E-state index in [-0.39, 0.29) is 23.4 Å². The summed E-state index contributed by atoms with van der Waals surface area (Å²) in [5, 5.41) is 15.6. The highest BCUT2D eigenvalue weighted by Crippen LogP contribution is 2.38. The summed E-state index contributed by atoms with van der Waals surface area (Å²) in [4.78, 5) is 7.18. The summed E-state index contributed by atoms with van der Waals surface area (Å²) >= 11 is 6.07. The Bertz CT molecular complexity index is 1790. The molecular weight excluding hydrogens is 815 g/mol. The summed E-state index contributed by atoms with van der Waals surface area (Å²) in [5.74, 6) is 0.687. The molecule has 0 radical (unpaired) electrons. The molecule has 14 heteroatoms. The highest BCUT2D eigenvalue weighted by atomic mass is 127. The minimum atomic E-state index is -1.88. The molecule has 1 fully saturated rings. The van der Waals surface area contributed by atoms with Crippen LogP contribution in [0.1, 0.15) is 83.2 Å². The van der Waals surface area contributed by atoms with Crippen molar-refractivity contribution in [2.75, 3.05) is 26.8 Å². The van der Waals surface area contributed by atoms with E-state index in [1.165, 1.54) is 0 Å². The van der Waals surface area contributed by atoms with Gasteiger partial charge >= 0.3 is 0 Å². The predicted octanol–water partition coefficient (Wildman–Crippen LogP) is 8.53. The molecular formula is C35H52BrIN8O3Si. The molecule has 5 rings (SSSR count). The van der Waals surface area contributed by atoms with Crippen molar-refractivity contribution in [1.82, 2.24) is 39.2 Å². The second kappa shape index (κ2) is 15.2. The number of nitrogens with zero attached hydrogens (tertiary/aromatic N) is 8. The maximum atomic E-state index is 6.66. The van der Waals surface area contributed by atoms with Crippen LogP contribution in [0.25, 0.3) is 28.2 Å². The van der Waals surface area contributed by atoms with E-state index in [4.69, 9.17) is 34.2 Å². The van der Waals surface area contributed by atoms with Crippen molar-refractivity contribution >= 4 is 63.8 Å². The molecule has 0 aliphatic carbocycles. The smallest absolute Gasteiger partial charge is 0.221 e. The van der Waals surface area contributed by atoms with Crippen molar-refractivity contribution in [1.29, 1.82) is 0 Å². The van der Waals surface area contributed by atoms with Crippen LogP contribution in [0, 0.1) is 10.5 Å². The van der Waals surface area contributed by atoms with E-state index in [9.17, 15) is 0 Å². The fraction of sp³-hybridized carbons (Fsp3) is 0.600. The van der Waals surface area contributed by atoms with Crippen molar-refractivity contribution in [3.63, 3.8) is 0 Å². The van der Waals surface area contributed by atoms with Gasteiger partial charge in [0.2, 0.25) is 5.88 Å². The van der Waals surface area contributed by atoms with Crippen LogP contribution >= 0.6 is 38.5 Å². The zero-order valence-electron chi connectivity index (χ0n) is 30.7. The van der Waals surface area contributed by atoms with Gasteiger partial charge in [-0.25, -0.2) is 9.36 Å². The van der Waals surface area contributed by atoms with Crippen LogP contribution in [0.2, 0.25) is 18.1 Å². The van der Waals surface area contributed by atoms with Crippen LogP contribution in [0.3, 0.4) is 0 Å². The molecule has 0 amide bonds. The predicted molar refractivity (Wildman–Crippen MR) is 210 cm³/mol. The van der Waals surface area contributed by atoms with Gasteiger partial charge in [-0.3, -0.25) is 14.6 Å². The first-order valence-electron chi connectivity index (χ1n) is 17.1. The van der Waals surface area contributed by atoms with Gasteiger partial charge < -0.3 is 13.9 Å². The van der Waals surface area contributed by atoms with E-state index in [1.54, 1.807) is 10.8 Å². The van der Waals surface area contributed by atoms with E-state index in [2.05, 4.69) is 116 Å². The molecule has 0 saturated carbocycles. The molecule has 1 unspecified atom stereocenters. The third kappa shape index (κ3) is 8.19. The molecule has 0 N–H and O–H groups in total. The Balaban J connectivity index is 1.32. The number of likely N-dealkylation sites (N-methyl/N-ethyl adjacent to an activating group) is 1. The molecule has 268 valence electrons. The van der Waals surface area contributed by atoms with Crippen LogP contribution in [-0.4, -0.2) is 80.5 Å². The van der Waals surface area contributed by atoms with Gasteiger partial charge in [0.15, 0.2) is 14.5 Å². The lowest BCUT2D eigenvalue weighted by molar-refractivity contribution is -0.0367. The van der Waals surface area contributed by atoms with Crippen molar-refractivity contribution in [3.8, 4) is 17.1 Å². The van der Waals surface area contributed by atoms with E-state index < -0.39 is 8.32 Å². The number of aromatic nitrogens is 7. The Kier molecular flexibility index (Phi) is 11.9. The van der Waals surface area contributed by atoms with Crippen LogP contribution in [0.4, 0.5) is 0 Å². The first kappa shape index (κ1) is 38.1. The van der Waals surface area contributed by atoms with Crippen LogP contribution in [0.5, 0.6) is 5.88 Å². The normalized spacial score (nSPS) is 17.2. The Labute approximate surface area is 314 Å². The zero-order valence-corrected chi connectivity index (χ0v) is 35.4. The maximum absolute atomic E-state index is 6.66. The second-order valence-electron chi connectivity index (χ2n) is 14.9. The Morgan fingerprint density at radius 3 is 2.61 bits per heavy atom. The lowest BCUT2D eigenvalue weighted by Crippen LogP contribution is -2.42. The number of pyridine rings is 1. The quantitative estimate of drug-likeness (QED) is 0.0976. The fourth-order valence-corrected chi connectivity index (χ4v) is 8.09. The number of hydrogen-bond acceptors (Lipinski definition) is 8. The van der Waals surface area contributed by atoms with Crippen molar-refractivity contribution in [2.45, 2.75) is 104 Å². The molecule has 0 spiro atoms. The minimum absolute atomic E-state index is 0.0867. The number of ether oxygens (including phenoxy) is 2. The summed E-state index contributed by atoms with van der Waals surface area (Å²) in [5.41, 5.74) is 5.42. The average Bonchev–Trinajstić information content (AvgIpc) is 3.65. The summed E-state index contributed by atoms with van der Waals surface area (Å²) < 4.78 is 27.1. The van der Waals surface area contributed by atoms with Gasteiger partial charge in [0, 0.05) is 32.1 Å². The second-order valence-corrected chi connectivity index (χ2v) is 21.5. The minimum Gasteiger partial charge on any atom is -0.473 e. The van der Waals surface area contributed by atoms with E-state index in [0.717, 1.165) is 73.3 Å². The largest absolute Gasteiger partial charge is 0.473 e. The fourth-order valence-electron chi connectivity index (χ4n) is 6.08. The molecule has 4 aromatic rings. The number of hydrogen-bond donors (Lipinski definition) is 0. The topological polar surface area (TPSA) is 97.3 Å². The summed E-state index contributed by atoms with van der Waals surface area (Å²) in [7, 11) is 2.16. The van der Waals surface area contributed by atoms with Crippen LogP contribution in [0.15, 0.2) is 23.4 Å². The van der Waals surface area contributed by atoms with Crippen LogP contribution in [-0.2, 0) is 22.8 Å². The van der Waals surface area contributed by atoms with E-state index in [1.807, 2.05) is 24.9 Å². The van der Waals surface area contributed by atoms with Crippen molar-refractivity contribution in [3.05, 3.63) is 44.1 Å².